The topological polar surface area (TPSA) is 40.8 Å². The van der Waals surface area contributed by atoms with E-state index in [9.17, 15) is 0 Å². The second-order valence-electron chi connectivity index (χ2n) is 2.94. The van der Waals surface area contributed by atoms with E-state index in [1.807, 2.05) is 6.07 Å². The Hall–Kier alpha value is -1.26. The molecule has 1 aliphatic heterocycles. The largest absolute Gasteiger partial charge is 0.499 e. The minimum absolute atomic E-state index is 0.0527. The Morgan fingerprint density at radius 1 is 1.64 bits per heavy atom. The van der Waals surface area contributed by atoms with Crippen molar-refractivity contribution in [2.75, 3.05) is 13.2 Å². The first-order valence-corrected chi connectivity index (χ1v) is 4.43. The van der Waals surface area contributed by atoms with E-state index >= 15 is 0 Å². The van der Waals surface area contributed by atoms with Crippen molar-refractivity contribution >= 4 is 0 Å². The Labute approximate surface area is 82.1 Å². The zero-order chi connectivity index (χ0) is 9.80. The van der Waals surface area contributed by atoms with E-state index in [-0.39, 0.29) is 6.10 Å². The van der Waals surface area contributed by atoms with Crippen LogP contribution in [0.2, 0.25) is 0 Å². The van der Waals surface area contributed by atoms with Gasteiger partial charge in [-0.2, -0.15) is 0 Å². The van der Waals surface area contributed by atoms with Gasteiger partial charge in [-0.05, 0) is 12.1 Å². The van der Waals surface area contributed by atoms with Gasteiger partial charge < -0.3 is 18.6 Å². The van der Waals surface area contributed by atoms with Gasteiger partial charge in [0.15, 0.2) is 5.76 Å². The Morgan fingerprint density at radius 3 is 3.29 bits per heavy atom. The van der Waals surface area contributed by atoms with E-state index in [0.717, 1.165) is 0 Å². The predicted octanol–water partition coefficient (Wildman–Crippen LogP) is 1.85. The van der Waals surface area contributed by atoms with E-state index < -0.39 is 6.29 Å². The number of hydrogen-bond donors (Lipinski definition) is 0. The van der Waals surface area contributed by atoms with Gasteiger partial charge in [-0.25, -0.2) is 0 Å². The SMILES string of the molecule is C=COC[C@@H]1CO[C@@H](c2ccco2)O1. The van der Waals surface area contributed by atoms with Crippen LogP contribution in [0.3, 0.4) is 0 Å². The maximum atomic E-state index is 5.52. The van der Waals surface area contributed by atoms with Gasteiger partial charge in [0, 0.05) is 0 Å². The van der Waals surface area contributed by atoms with Crippen LogP contribution in [0, 0.1) is 0 Å². The van der Waals surface area contributed by atoms with Crippen molar-refractivity contribution in [3.8, 4) is 0 Å². The summed E-state index contributed by atoms with van der Waals surface area (Å²) >= 11 is 0. The Kier molecular flexibility index (Phi) is 2.86. The molecule has 0 aromatic carbocycles. The molecule has 4 heteroatoms. The van der Waals surface area contributed by atoms with Gasteiger partial charge in [0.1, 0.15) is 12.7 Å². The second-order valence-corrected chi connectivity index (χ2v) is 2.94. The van der Waals surface area contributed by atoms with Gasteiger partial charge in [-0.3, -0.25) is 0 Å². The molecular weight excluding hydrogens is 184 g/mol. The lowest BCUT2D eigenvalue weighted by atomic mass is 10.4. The summed E-state index contributed by atoms with van der Waals surface area (Å²) in [7, 11) is 0. The molecule has 0 N–H and O–H groups in total. The molecule has 1 aromatic heterocycles. The molecule has 76 valence electrons. The number of ether oxygens (including phenoxy) is 3. The highest BCUT2D eigenvalue weighted by atomic mass is 16.7. The normalized spacial score (nSPS) is 26.3. The maximum Gasteiger partial charge on any atom is 0.217 e. The van der Waals surface area contributed by atoms with Crippen LogP contribution in [0.25, 0.3) is 0 Å². The molecule has 4 nitrogen and oxygen atoms in total. The van der Waals surface area contributed by atoms with Crippen molar-refractivity contribution in [2.24, 2.45) is 0 Å². The molecule has 1 saturated heterocycles. The third-order valence-electron chi connectivity index (χ3n) is 1.92. The fraction of sp³-hybridized carbons (Fsp3) is 0.400. The summed E-state index contributed by atoms with van der Waals surface area (Å²) in [6, 6.07) is 3.62. The van der Waals surface area contributed by atoms with Gasteiger partial charge in [0.05, 0.1) is 19.1 Å². The standard InChI is InChI=1S/C10H12O4/c1-2-11-6-8-7-13-10(14-8)9-4-3-5-12-9/h2-5,8,10H,1,6-7H2/t8-,10-/m1/s1. The second kappa shape index (κ2) is 4.30. The highest BCUT2D eigenvalue weighted by Crippen LogP contribution is 2.26. The van der Waals surface area contributed by atoms with Crippen LogP contribution in [0.15, 0.2) is 35.7 Å². The van der Waals surface area contributed by atoms with Crippen molar-refractivity contribution in [2.45, 2.75) is 12.4 Å². The smallest absolute Gasteiger partial charge is 0.217 e. The van der Waals surface area contributed by atoms with Crippen LogP contribution in [0.5, 0.6) is 0 Å². The number of rotatable bonds is 4. The van der Waals surface area contributed by atoms with Crippen molar-refractivity contribution in [1.29, 1.82) is 0 Å². The van der Waals surface area contributed by atoms with Gasteiger partial charge in [-0.1, -0.05) is 6.58 Å². The van der Waals surface area contributed by atoms with Gasteiger partial charge >= 0.3 is 0 Å². The monoisotopic (exact) mass is 196 g/mol. The molecule has 14 heavy (non-hydrogen) atoms. The van der Waals surface area contributed by atoms with Crippen LogP contribution in [-0.4, -0.2) is 19.3 Å². The lowest BCUT2D eigenvalue weighted by Gasteiger charge is -2.08. The summed E-state index contributed by atoms with van der Waals surface area (Å²) in [5.41, 5.74) is 0. The molecule has 2 heterocycles. The molecule has 0 saturated carbocycles. The van der Waals surface area contributed by atoms with E-state index in [1.165, 1.54) is 6.26 Å². The summed E-state index contributed by atoms with van der Waals surface area (Å²) in [4.78, 5) is 0. The summed E-state index contributed by atoms with van der Waals surface area (Å²) in [6.45, 7) is 4.43. The average Bonchev–Trinajstić information content (AvgIpc) is 2.85. The minimum Gasteiger partial charge on any atom is -0.499 e. The van der Waals surface area contributed by atoms with Gasteiger partial charge in [0.25, 0.3) is 0 Å². The fourth-order valence-corrected chi connectivity index (χ4v) is 1.29. The predicted molar refractivity (Wildman–Crippen MR) is 48.4 cm³/mol. The zero-order valence-electron chi connectivity index (χ0n) is 7.72. The molecule has 0 bridgehead atoms. The average molecular weight is 196 g/mol. The molecule has 2 atom stereocenters. The number of furan rings is 1. The third kappa shape index (κ3) is 1.97. The Morgan fingerprint density at radius 2 is 2.57 bits per heavy atom. The van der Waals surface area contributed by atoms with Crippen molar-refractivity contribution in [3.05, 3.63) is 37.0 Å². The first kappa shape index (κ1) is 9.30. The van der Waals surface area contributed by atoms with Crippen LogP contribution in [0.1, 0.15) is 12.1 Å². The lowest BCUT2D eigenvalue weighted by Crippen LogP contribution is -2.16. The summed E-state index contributed by atoms with van der Waals surface area (Å²) in [6.07, 6.45) is 2.53. The van der Waals surface area contributed by atoms with Gasteiger partial charge in [-0.15, -0.1) is 0 Å². The van der Waals surface area contributed by atoms with Crippen LogP contribution in [-0.2, 0) is 14.2 Å². The van der Waals surface area contributed by atoms with Crippen LogP contribution < -0.4 is 0 Å². The summed E-state index contributed by atoms with van der Waals surface area (Å²) in [5, 5.41) is 0. The lowest BCUT2D eigenvalue weighted by molar-refractivity contribution is -0.0809. The molecular formula is C10H12O4. The molecule has 0 unspecified atom stereocenters. The van der Waals surface area contributed by atoms with Gasteiger partial charge in [0.2, 0.25) is 6.29 Å². The Balaban J connectivity index is 1.85. The molecule has 1 aromatic rings. The van der Waals surface area contributed by atoms with E-state index in [4.69, 9.17) is 18.6 Å². The first-order chi connectivity index (χ1) is 6.90. The van der Waals surface area contributed by atoms with Crippen molar-refractivity contribution in [3.63, 3.8) is 0 Å². The number of hydrogen-bond acceptors (Lipinski definition) is 4. The minimum atomic E-state index is -0.400. The Bertz CT molecular complexity index is 280. The van der Waals surface area contributed by atoms with E-state index in [2.05, 4.69) is 6.58 Å². The first-order valence-electron chi connectivity index (χ1n) is 4.43. The zero-order valence-corrected chi connectivity index (χ0v) is 7.72. The van der Waals surface area contributed by atoms with E-state index in [1.54, 1.807) is 12.3 Å². The van der Waals surface area contributed by atoms with Crippen LogP contribution >= 0.6 is 0 Å². The van der Waals surface area contributed by atoms with E-state index in [0.29, 0.717) is 19.0 Å². The molecule has 1 aliphatic rings. The van der Waals surface area contributed by atoms with Crippen molar-refractivity contribution < 1.29 is 18.6 Å². The fourth-order valence-electron chi connectivity index (χ4n) is 1.29. The summed E-state index contributed by atoms with van der Waals surface area (Å²) < 4.78 is 21.1. The maximum absolute atomic E-state index is 5.52. The molecule has 2 rings (SSSR count). The van der Waals surface area contributed by atoms with Crippen molar-refractivity contribution in [1.82, 2.24) is 0 Å². The molecule has 0 spiro atoms. The van der Waals surface area contributed by atoms with Crippen LogP contribution in [0.4, 0.5) is 0 Å². The quantitative estimate of drug-likeness (QED) is 0.689. The molecule has 0 aliphatic carbocycles. The highest BCUT2D eigenvalue weighted by molar-refractivity contribution is 5.00. The molecule has 0 amide bonds. The third-order valence-corrected chi connectivity index (χ3v) is 1.92. The summed E-state index contributed by atoms with van der Waals surface area (Å²) in [5.74, 6) is 0.686. The molecule has 1 fully saturated rings. The highest BCUT2D eigenvalue weighted by Gasteiger charge is 2.29. The molecule has 0 radical (unpaired) electrons.